The minimum Gasteiger partial charge on any atom is -0.493 e. The van der Waals surface area contributed by atoms with Gasteiger partial charge in [0, 0.05) is 12.1 Å². The number of nitro groups is 1. The normalized spacial score (nSPS) is 14.3. The van der Waals surface area contributed by atoms with E-state index in [1.165, 1.54) is 73.8 Å². The van der Waals surface area contributed by atoms with Gasteiger partial charge in [0.05, 0.1) is 28.3 Å². The van der Waals surface area contributed by atoms with E-state index in [0.29, 0.717) is 10.5 Å². The van der Waals surface area contributed by atoms with Crippen LogP contribution < -0.4 is 19.7 Å². The quantitative estimate of drug-likeness (QED) is 0.180. The number of urea groups is 1. The summed E-state index contributed by atoms with van der Waals surface area (Å²) in [5.74, 6) is -2.71. The molecule has 0 spiro atoms. The van der Waals surface area contributed by atoms with Crippen LogP contribution >= 0.6 is 11.6 Å². The van der Waals surface area contributed by atoms with Gasteiger partial charge in [-0.25, -0.2) is 14.5 Å². The lowest BCUT2D eigenvalue weighted by atomic mass is 10.1. The van der Waals surface area contributed by atoms with Crippen molar-refractivity contribution in [1.82, 2.24) is 5.32 Å². The van der Waals surface area contributed by atoms with E-state index in [1.54, 1.807) is 0 Å². The minimum absolute atomic E-state index is 0.0210. The van der Waals surface area contributed by atoms with E-state index in [2.05, 4.69) is 5.32 Å². The number of barbiturate groups is 1. The average molecular weight is 552 g/mol. The SMILES string of the molecule is COc1cc(/C=C2\C(=O)NC(=O)N(c3ccc(C(=O)O)cc3)C2=O)cc(Cl)c1OCc1ccc([N+](=O)[O-])cc1. The van der Waals surface area contributed by atoms with E-state index in [-0.39, 0.29) is 51.2 Å². The number of amides is 4. The van der Waals surface area contributed by atoms with E-state index < -0.39 is 28.7 Å². The van der Waals surface area contributed by atoms with Gasteiger partial charge < -0.3 is 14.6 Å². The Morgan fingerprint density at radius 3 is 2.36 bits per heavy atom. The van der Waals surface area contributed by atoms with E-state index in [4.69, 9.17) is 26.2 Å². The lowest BCUT2D eigenvalue weighted by Crippen LogP contribution is -2.54. The molecule has 0 atom stereocenters. The van der Waals surface area contributed by atoms with E-state index in [9.17, 15) is 29.3 Å². The van der Waals surface area contributed by atoms with Gasteiger partial charge in [0.15, 0.2) is 11.5 Å². The molecule has 198 valence electrons. The fraction of sp³-hybridized carbons (Fsp3) is 0.0769. The summed E-state index contributed by atoms with van der Waals surface area (Å²) in [4.78, 5) is 60.2. The second-order valence-corrected chi connectivity index (χ2v) is 8.46. The van der Waals surface area contributed by atoms with Crippen molar-refractivity contribution in [3.8, 4) is 11.5 Å². The monoisotopic (exact) mass is 551 g/mol. The second-order valence-electron chi connectivity index (χ2n) is 8.06. The predicted molar refractivity (Wildman–Crippen MR) is 138 cm³/mol. The van der Waals surface area contributed by atoms with Crippen molar-refractivity contribution in [1.29, 1.82) is 0 Å². The number of methoxy groups -OCH3 is 1. The van der Waals surface area contributed by atoms with Gasteiger partial charge in [0.25, 0.3) is 17.5 Å². The van der Waals surface area contributed by atoms with Gasteiger partial charge in [-0.3, -0.25) is 25.0 Å². The Labute approximate surface area is 225 Å². The van der Waals surface area contributed by atoms with Crippen LogP contribution in [0, 0.1) is 10.1 Å². The molecule has 4 rings (SSSR count). The molecule has 3 aromatic carbocycles. The zero-order valence-electron chi connectivity index (χ0n) is 20.0. The molecule has 13 heteroatoms. The highest BCUT2D eigenvalue weighted by atomic mass is 35.5. The summed E-state index contributed by atoms with van der Waals surface area (Å²) in [6.07, 6.45) is 1.22. The van der Waals surface area contributed by atoms with Crippen LogP contribution in [0.2, 0.25) is 5.02 Å². The van der Waals surface area contributed by atoms with Crippen LogP contribution in [0.15, 0.2) is 66.2 Å². The molecule has 4 amide bonds. The molecule has 0 aliphatic carbocycles. The molecule has 2 N–H and O–H groups in total. The number of hydrogen-bond acceptors (Lipinski definition) is 8. The van der Waals surface area contributed by atoms with Gasteiger partial charge in [0.1, 0.15) is 12.2 Å². The Hall–Kier alpha value is -5.23. The summed E-state index contributed by atoms with van der Waals surface area (Å²) >= 11 is 6.40. The highest BCUT2D eigenvalue weighted by molar-refractivity contribution is 6.39. The van der Waals surface area contributed by atoms with Crippen LogP contribution in [0.5, 0.6) is 11.5 Å². The van der Waals surface area contributed by atoms with Crippen molar-refractivity contribution < 1.29 is 38.7 Å². The molecule has 1 aliphatic heterocycles. The first-order chi connectivity index (χ1) is 18.6. The number of hydrogen-bond donors (Lipinski definition) is 2. The number of halogens is 1. The lowest BCUT2D eigenvalue weighted by molar-refractivity contribution is -0.384. The van der Waals surface area contributed by atoms with Gasteiger partial charge in [-0.2, -0.15) is 0 Å². The van der Waals surface area contributed by atoms with Crippen molar-refractivity contribution in [3.63, 3.8) is 0 Å². The Balaban J connectivity index is 1.60. The molecule has 3 aromatic rings. The number of nitrogens with one attached hydrogen (secondary N) is 1. The molecule has 39 heavy (non-hydrogen) atoms. The maximum atomic E-state index is 13.1. The average Bonchev–Trinajstić information content (AvgIpc) is 2.90. The molecule has 1 aliphatic rings. The summed E-state index contributed by atoms with van der Waals surface area (Å²) in [6.45, 7) is 0.0210. The van der Waals surface area contributed by atoms with E-state index in [1.807, 2.05) is 0 Å². The number of non-ortho nitro benzene ring substituents is 1. The van der Waals surface area contributed by atoms with Crippen molar-refractivity contribution >= 4 is 52.9 Å². The van der Waals surface area contributed by atoms with Crippen LogP contribution in [0.3, 0.4) is 0 Å². The molecule has 0 aromatic heterocycles. The molecule has 12 nitrogen and oxygen atoms in total. The Morgan fingerprint density at radius 2 is 1.77 bits per heavy atom. The summed E-state index contributed by atoms with van der Waals surface area (Å²) in [6, 6.07) is 12.6. The molecule has 1 heterocycles. The third-order valence-corrected chi connectivity index (χ3v) is 5.85. The maximum Gasteiger partial charge on any atom is 0.335 e. The van der Waals surface area contributed by atoms with Crippen molar-refractivity contribution in [2.45, 2.75) is 6.61 Å². The number of carboxylic acid groups (broad SMARTS) is 1. The number of anilines is 1. The first-order valence-electron chi connectivity index (χ1n) is 11.1. The maximum absolute atomic E-state index is 13.1. The summed E-state index contributed by atoms with van der Waals surface area (Å²) in [5.41, 5.74) is 0.490. The zero-order valence-corrected chi connectivity index (χ0v) is 20.8. The van der Waals surface area contributed by atoms with Gasteiger partial charge in [-0.05, 0) is 65.7 Å². The largest absolute Gasteiger partial charge is 0.493 e. The standard InChI is InChI=1S/C26H18ClN3O9/c1-38-21-12-15(11-20(27)22(21)39-13-14-2-6-18(7-3-14)30(36)37)10-19-23(31)28-26(35)29(24(19)32)17-8-4-16(5-9-17)25(33)34/h2-12H,13H2,1H3,(H,33,34)(H,28,31,35)/b19-10+. The van der Waals surface area contributed by atoms with Crippen molar-refractivity contribution in [2.75, 3.05) is 12.0 Å². The number of nitro benzene ring substituents is 1. The number of nitrogens with zero attached hydrogens (tertiary/aromatic N) is 2. The zero-order chi connectivity index (χ0) is 28.3. The topological polar surface area (TPSA) is 165 Å². The predicted octanol–water partition coefficient (Wildman–Crippen LogP) is 4.20. The second kappa shape index (κ2) is 11.0. The van der Waals surface area contributed by atoms with Gasteiger partial charge >= 0.3 is 12.0 Å². The van der Waals surface area contributed by atoms with Gasteiger partial charge in [0.2, 0.25) is 0 Å². The van der Waals surface area contributed by atoms with Crippen LogP contribution in [0.4, 0.5) is 16.2 Å². The third-order valence-electron chi connectivity index (χ3n) is 5.57. The van der Waals surface area contributed by atoms with Gasteiger partial charge in [-0.1, -0.05) is 11.6 Å². The van der Waals surface area contributed by atoms with E-state index >= 15 is 0 Å². The van der Waals surface area contributed by atoms with Crippen molar-refractivity contribution in [3.05, 3.63) is 98.1 Å². The third kappa shape index (κ3) is 5.70. The number of ether oxygens (including phenoxy) is 2. The number of aromatic carboxylic acids is 1. The molecule has 0 radical (unpaired) electrons. The summed E-state index contributed by atoms with van der Waals surface area (Å²) in [5, 5.41) is 22.1. The van der Waals surface area contributed by atoms with Gasteiger partial charge in [-0.15, -0.1) is 0 Å². The van der Waals surface area contributed by atoms with Crippen LogP contribution in [-0.4, -0.2) is 41.0 Å². The Bertz CT molecular complexity index is 1530. The Morgan fingerprint density at radius 1 is 1.10 bits per heavy atom. The number of carbonyl (C=O) groups is 4. The minimum atomic E-state index is -1.18. The first-order valence-corrected chi connectivity index (χ1v) is 11.5. The summed E-state index contributed by atoms with van der Waals surface area (Å²) < 4.78 is 11.1. The molecule has 0 saturated carbocycles. The first kappa shape index (κ1) is 26.8. The fourth-order valence-corrected chi connectivity index (χ4v) is 3.92. The number of benzene rings is 3. The highest BCUT2D eigenvalue weighted by Gasteiger charge is 2.37. The molecular formula is C26H18ClN3O9. The molecule has 0 unspecified atom stereocenters. The molecule has 1 saturated heterocycles. The fourth-order valence-electron chi connectivity index (χ4n) is 3.64. The van der Waals surface area contributed by atoms with Crippen LogP contribution in [-0.2, 0) is 16.2 Å². The molecule has 1 fully saturated rings. The number of carboxylic acids is 1. The number of rotatable bonds is 8. The Kier molecular flexibility index (Phi) is 7.58. The number of carbonyl (C=O) groups excluding carboxylic acids is 3. The smallest absolute Gasteiger partial charge is 0.335 e. The molecule has 0 bridgehead atoms. The van der Waals surface area contributed by atoms with Crippen LogP contribution in [0.25, 0.3) is 6.08 Å². The highest BCUT2D eigenvalue weighted by Crippen LogP contribution is 2.38. The van der Waals surface area contributed by atoms with Crippen LogP contribution in [0.1, 0.15) is 21.5 Å². The van der Waals surface area contributed by atoms with E-state index in [0.717, 1.165) is 0 Å². The lowest BCUT2D eigenvalue weighted by Gasteiger charge is -2.26. The van der Waals surface area contributed by atoms with Crippen molar-refractivity contribution in [2.24, 2.45) is 0 Å². The molecular weight excluding hydrogens is 534 g/mol. The summed E-state index contributed by atoms with van der Waals surface area (Å²) in [7, 11) is 1.36. The number of imide groups is 2.